The quantitative estimate of drug-likeness (QED) is 0.627. The maximum Gasteiger partial charge on any atom is 0.194 e. The van der Waals surface area contributed by atoms with Crippen molar-refractivity contribution in [1.29, 1.82) is 0 Å². The second-order valence-corrected chi connectivity index (χ2v) is 7.04. The van der Waals surface area contributed by atoms with Gasteiger partial charge in [-0.05, 0) is 43.9 Å². The number of hydrogen-bond donors (Lipinski definition) is 1. The third kappa shape index (κ3) is 5.09. The maximum absolute atomic E-state index is 13.2. The molecule has 0 bridgehead atoms. The molecule has 2 heterocycles. The highest BCUT2D eigenvalue weighted by Gasteiger charge is 2.32. The Labute approximate surface area is 159 Å². The fourth-order valence-electron chi connectivity index (χ4n) is 3.42. The molecule has 2 atom stereocenters. The molecule has 0 aliphatic carbocycles. The summed E-state index contributed by atoms with van der Waals surface area (Å²) in [5, 5.41) is 3.81. The van der Waals surface area contributed by atoms with E-state index < -0.39 is 0 Å². The number of aliphatic imine (C=N–C) groups is 1. The van der Waals surface area contributed by atoms with Crippen molar-refractivity contribution in [3.63, 3.8) is 0 Å². The predicted molar refractivity (Wildman–Crippen MR) is 101 cm³/mol. The van der Waals surface area contributed by atoms with Gasteiger partial charge in [0.05, 0.1) is 12.7 Å². The molecule has 2 aliphatic heterocycles. The minimum absolute atomic E-state index is 0.0987. The Balaban J connectivity index is 1.60. The summed E-state index contributed by atoms with van der Waals surface area (Å²) in [5.74, 6) is 0.570. The van der Waals surface area contributed by atoms with Gasteiger partial charge in [-0.15, -0.1) is 0 Å². The molecular formula is C19H27ClFN3O2. The molecule has 2 saturated heterocycles. The number of ether oxygens (including phenoxy) is 2. The van der Waals surface area contributed by atoms with Gasteiger partial charge in [-0.3, -0.25) is 4.99 Å². The first kappa shape index (κ1) is 19.4. The molecule has 0 aromatic heterocycles. The van der Waals surface area contributed by atoms with E-state index in [0.29, 0.717) is 24.6 Å². The number of hydrogen-bond acceptors (Lipinski definition) is 3. The van der Waals surface area contributed by atoms with Crippen molar-refractivity contribution < 1.29 is 13.9 Å². The molecule has 144 valence electrons. The van der Waals surface area contributed by atoms with Gasteiger partial charge in [0.1, 0.15) is 11.9 Å². The van der Waals surface area contributed by atoms with Crippen molar-refractivity contribution in [3.8, 4) is 0 Å². The average Bonchev–Trinajstić information content (AvgIpc) is 3.17. The monoisotopic (exact) mass is 383 g/mol. The number of benzene rings is 1. The van der Waals surface area contributed by atoms with E-state index >= 15 is 0 Å². The van der Waals surface area contributed by atoms with Crippen molar-refractivity contribution in [3.05, 3.63) is 34.6 Å². The minimum Gasteiger partial charge on any atom is -0.375 e. The van der Waals surface area contributed by atoms with Crippen LogP contribution in [0.25, 0.3) is 0 Å². The van der Waals surface area contributed by atoms with Crippen LogP contribution in [0.2, 0.25) is 5.02 Å². The first-order chi connectivity index (χ1) is 12.7. The normalized spacial score (nSPS) is 24.1. The summed E-state index contributed by atoms with van der Waals surface area (Å²) >= 11 is 6.10. The highest BCUT2D eigenvalue weighted by atomic mass is 35.5. The van der Waals surface area contributed by atoms with E-state index in [1.54, 1.807) is 6.07 Å². The molecule has 0 spiro atoms. The lowest BCUT2D eigenvalue weighted by molar-refractivity contribution is -0.0817. The zero-order chi connectivity index (χ0) is 18.4. The lowest BCUT2D eigenvalue weighted by atomic mass is 10.1. The van der Waals surface area contributed by atoms with Crippen molar-refractivity contribution in [2.75, 3.05) is 39.4 Å². The van der Waals surface area contributed by atoms with Crippen molar-refractivity contribution in [1.82, 2.24) is 10.2 Å². The standard InChI is InChI=1S/C19H27ClFN3O2/c1-2-22-19(23-8-7-14-5-6-15(21)12-16(14)20)24-9-11-26-18(13-24)17-4-3-10-25-17/h5-6,12,17-18H,2-4,7-11,13H2,1H3,(H,22,23). The number of morpholine rings is 1. The molecule has 2 unspecified atom stereocenters. The van der Waals surface area contributed by atoms with E-state index in [1.165, 1.54) is 12.1 Å². The van der Waals surface area contributed by atoms with E-state index in [0.717, 1.165) is 50.6 Å². The van der Waals surface area contributed by atoms with Gasteiger partial charge in [0.2, 0.25) is 0 Å². The molecule has 0 amide bonds. The number of halogens is 2. The highest BCUT2D eigenvalue weighted by Crippen LogP contribution is 2.21. The van der Waals surface area contributed by atoms with Gasteiger partial charge in [0.25, 0.3) is 0 Å². The first-order valence-electron chi connectivity index (χ1n) is 9.37. The molecule has 2 aliphatic rings. The van der Waals surface area contributed by atoms with Crippen LogP contribution in [-0.2, 0) is 15.9 Å². The zero-order valence-electron chi connectivity index (χ0n) is 15.2. The molecule has 5 nitrogen and oxygen atoms in total. The summed E-state index contributed by atoms with van der Waals surface area (Å²) in [6.07, 6.45) is 3.14. The SMILES string of the molecule is CCNC(=NCCc1ccc(F)cc1Cl)N1CCOC(C2CCCO2)C1. The van der Waals surface area contributed by atoms with Gasteiger partial charge in [-0.25, -0.2) is 4.39 Å². The Kier molecular flexibility index (Phi) is 7.11. The molecule has 1 N–H and O–H groups in total. The first-order valence-corrected chi connectivity index (χ1v) is 9.75. The van der Waals surface area contributed by atoms with Gasteiger partial charge < -0.3 is 19.7 Å². The van der Waals surface area contributed by atoms with Crippen molar-refractivity contribution in [2.45, 2.75) is 38.4 Å². The van der Waals surface area contributed by atoms with Crippen LogP contribution < -0.4 is 5.32 Å². The summed E-state index contributed by atoms with van der Waals surface area (Å²) in [6.45, 7) is 6.56. The topological polar surface area (TPSA) is 46.1 Å². The van der Waals surface area contributed by atoms with Crippen LogP contribution in [0.4, 0.5) is 4.39 Å². The van der Waals surface area contributed by atoms with Gasteiger partial charge >= 0.3 is 0 Å². The van der Waals surface area contributed by atoms with Gasteiger partial charge in [0, 0.05) is 37.8 Å². The van der Waals surface area contributed by atoms with Crippen LogP contribution in [0.5, 0.6) is 0 Å². The zero-order valence-corrected chi connectivity index (χ0v) is 16.0. The predicted octanol–water partition coefficient (Wildman–Crippen LogP) is 2.87. The third-order valence-corrected chi connectivity index (χ3v) is 5.12. The Morgan fingerprint density at radius 1 is 1.35 bits per heavy atom. The average molecular weight is 384 g/mol. The summed E-state index contributed by atoms with van der Waals surface area (Å²) in [5.41, 5.74) is 0.909. The second-order valence-electron chi connectivity index (χ2n) is 6.63. The molecule has 7 heteroatoms. The number of rotatable bonds is 5. The lowest BCUT2D eigenvalue weighted by Crippen LogP contribution is -2.53. The number of nitrogens with zero attached hydrogens (tertiary/aromatic N) is 2. The van der Waals surface area contributed by atoms with Crippen LogP contribution in [-0.4, -0.2) is 62.5 Å². The van der Waals surface area contributed by atoms with E-state index in [1.807, 2.05) is 0 Å². The number of nitrogens with one attached hydrogen (secondary N) is 1. The summed E-state index contributed by atoms with van der Waals surface area (Å²) in [4.78, 5) is 6.98. The highest BCUT2D eigenvalue weighted by molar-refractivity contribution is 6.31. The summed E-state index contributed by atoms with van der Waals surface area (Å²) in [6, 6.07) is 4.51. The van der Waals surface area contributed by atoms with Crippen LogP contribution in [0.1, 0.15) is 25.3 Å². The Morgan fingerprint density at radius 2 is 2.19 bits per heavy atom. The van der Waals surface area contributed by atoms with Crippen LogP contribution in [0.15, 0.2) is 23.2 Å². The molecule has 0 saturated carbocycles. The molecule has 3 rings (SSSR count). The largest absolute Gasteiger partial charge is 0.375 e. The molecule has 26 heavy (non-hydrogen) atoms. The molecule has 2 fully saturated rings. The van der Waals surface area contributed by atoms with Gasteiger partial charge in [-0.1, -0.05) is 17.7 Å². The summed E-state index contributed by atoms with van der Waals surface area (Å²) in [7, 11) is 0. The fraction of sp³-hybridized carbons (Fsp3) is 0.632. The maximum atomic E-state index is 13.2. The Bertz CT molecular complexity index is 623. The molecule has 1 aromatic rings. The van der Waals surface area contributed by atoms with E-state index in [4.69, 9.17) is 26.1 Å². The van der Waals surface area contributed by atoms with E-state index in [9.17, 15) is 4.39 Å². The van der Waals surface area contributed by atoms with Crippen LogP contribution in [0, 0.1) is 5.82 Å². The Morgan fingerprint density at radius 3 is 2.92 bits per heavy atom. The smallest absolute Gasteiger partial charge is 0.194 e. The molecular weight excluding hydrogens is 357 g/mol. The van der Waals surface area contributed by atoms with Crippen LogP contribution in [0.3, 0.4) is 0 Å². The Hall–Kier alpha value is -1.37. The fourth-order valence-corrected chi connectivity index (χ4v) is 3.68. The second kappa shape index (κ2) is 9.53. The van der Waals surface area contributed by atoms with Crippen molar-refractivity contribution in [2.24, 2.45) is 4.99 Å². The molecule has 0 radical (unpaired) electrons. The van der Waals surface area contributed by atoms with Gasteiger partial charge in [0.15, 0.2) is 5.96 Å². The third-order valence-electron chi connectivity index (χ3n) is 4.77. The summed E-state index contributed by atoms with van der Waals surface area (Å²) < 4.78 is 24.9. The number of guanidine groups is 1. The minimum atomic E-state index is -0.316. The lowest BCUT2D eigenvalue weighted by Gasteiger charge is -2.37. The molecule has 1 aromatic carbocycles. The van der Waals surface area contributed by atoms with Crippen molar-refractivity contribution >= 4 is 17.6 Å². The van der Waals surface area contributed by atoms with Crippen LogP contribution >= 0.6 is 11.6 Å². The van der Waals surface area contributed by atoms with E-state index in [2.05, 4.69) is 17.1 Å². The van der Waals surface area contributed by atoms with Gasteiger partial charge in [-0.2, -0.15) is 0 Å². The van der Waals surface area contributed by atoms with E-state index in [-0.39, 0.29) is 18.0 Å².